The lowest BCUT2D eigenvalue weighted by molar-refractivity contribution is 0.0240. The molecule has 170 valence electrons. The first-order chi connectivity index (χ1) is 15.1. The first kappa shape index (κ1) is 22.7. The van der Waals surface area contributed by atoms with Gasteiger partial charge in [0.05, 0.1) is 23.4 Å². The number of ether oxygens (including phenoxy) is 1. The van der Waals surface area contributed by atoms with E-state index in [0.29, 0.717) is 23.1 Å². The van der Waals surface area contributed by atoms with Crippen molar-refractivity contribution in [2.24, 2.45) is 0 Å². The third kappa shape index (κ3) is 4.81. The zero-order valence-corrected chi connectivity index (χ0v) is 20.3. The normalized spacial score (nSPS) is 15.8. The van der Waals surface area contributed by atoms with Crippen LogP contribution in [0.4, 0.5) is 10.5 Å². The highest BCUT2D eigenvalue weighted by molar-refractivity contribution is 6.35. The second-order valence-corrected chi connectivity index (χ2v) is 9.96. The molecular formula is C24H28Cl2N4O2. The number of rotatable bonds is 3. The molecule has 0 aliphatic carbocycles. The molecule has 32 heavy (non-hydrogen) atoms. The molecule has 1 atom stereocenters. The second-order valence-electron chi connectivity index (χ2n) is 9.12. The molecule has 0 N–H and O–H groups in total. The van der Waals surface area contributed by atoms with Crippen LogP contribution in [0.25, 0.3) is 11.0 Å². The Morgan fingerprint density at radius 3 is 2.44 bits per heavy atom. The van der Waals surface area contributed by atoms with Crippen molar-refractivity contribution in [2.75, 3.05) is 31.1 Å². The highest BCUT2D eigenvalue weighted by Crippen LogP contribution is 2.32. The second kappa shape index (κ2) is 8.83. The van der Waals surface area contributed by atoms with Gasteiger partial charge in [0.25, 0.3) is 0 Å². The van der Waals surface area contributed by atoms with E-state index in [1.807, 2.05) is 45.3 Å². The number of halogens is 2. The maximum Gasteiger partial charge on any atom is 0.410 e. The molecule has 4 rings (SSSR count). The first-order valence-corrected chi connectivity index (χ1v) is 11.5. The molecule has 0 saturated carbocycles. The van der Waals surface area contributed by atoms with Crippen molar-refractivity contribution in [3.05, 3.63) is 58.3 Å². The Morgan fingerprint density at radius 2 is 1.78 bits per heavy atom. The number of anilines is 1. The number of nitrogens with zero attached hydrogens (tertiary/aromatic N) is 4. The third-order valence-corrected chi connectivity index (χ3v) is 6.25. The van der Waals surface area contributed by atoms with Gasteiger partial charge in [0.1, 0.15) is 5.60 Å². The quantitative estimate of drug-likeness (QED) is 0.466. The van der Waals surface area contributed by atoms with Crippen LogP contribution in [-0.4, -0.2) is 52.3 Å². The molecule has 2 heterocycles. The van der Waals surface area contributed by atoms with Crippen molar-refractivity contribution < 1.29 is 9.53 Å². The van der Waals surface area contributed by atoms with Crippen LogP contribution >= 0.6 is 23.2 Å². The van der Waals surface area contributed by atoms with E-state index in [0.717, 1.165) is 35.4 Å². The monoisotopic (exact) mass is 474 g/mol. The van der Waals surface area contributed by atoms with Crippen molar-refractivity contribution in [1.82, 2.24) is 14.5 Å². The smallest absolute Gasteiger partial charge is 0.410 e. The zero-order chi connectivity index (χ0) is 23.0. The minimum Gasteiger partial charge on any atom is -0.444 e. The van der Waals surface area contributed by atoms with Gasteiger partial charge in [0.15, 0.2) is 0 Å². The molecular weight excluding hydrogens is 447 g/mol. The predicted octanol–water partition coefficient (Wildman–Crippen LogP) is 6.01. The van der Waals surface area contributed by atoms with E-state index in [1.54, 1.807) is 11.0 Å². The fraction of sp³-hybridized carbons (Fsp3) is 0.417. The van der Waals surface area contributed by atoms with E-state index >= 15 is 0 Å². The summed E-state index contributed by atoms with van der Waals surface area (Å²) in [6, 6.07) is 11.9. The summed E-state index contributed by atoms with van der Waals surface area (Å²) in [5.41, 5.74) is 3.58. The topological polar surface area (TPSA) is 50.6 Å². The molecule has 1 unspecified atom stereocenters. The summed E-state index contributed by atoms with van der Waals surface area (Å²) in [5.74, 6) is 0. The summed E-state index contributed by atoms with van der Waals surface area (Å²) < 4.78 is 7.63. The van der Waals surface area contributed by atoms with Crippen LogP contribution in [0.3, 0.4) is 0 Å². The van der Waals surface area contributed by atoms with Crippen molar-refractivity contribution in [2.45, 2.75) is 39.3 Å². The fourth-order valence-electron chi connectivity index (χ4n) is 3.98. The van der Waals surface area contributed by atoms with Gasteiger partial charge in [-0.05, 0) is 63.6 Å². The van der Waals surface area contributed by atoms with Crippen LogP contribution in [0.5, 0.6) is 0 Å². The van der Waals surface area contributed by atoms with Crippen LogP contribution in [-0.2, 0) is 4.74 Å². The Kier molecular flexibility index (Phi) is 6.28. The number of hydrogen-bond acceptors (Lipinski definition) is 4. The lowest BCUT2D eigenvalue weighted by Crippen LogP contribution is -2.50. The van der Waals surface area contributed by atoms with Gasteiger partial charge >= 0.3 is 6.09 Å². The first-order valence-electron chi connectivity index (χ1n) is 10.8. The summed E-state index contributed by atoms with van der Waals surface area (Å²) in [5, 5.41) is 1.26. The van der Waals surface area contributed by atoms with Gasteiger partial charge in [-0.3, -0.25) is 0 Å². The van der Waals surface area contributed by atoms with Crippen LogP contribution < -0.4 is 4.90 Å². The van der Waals surface area contributed by atoms with Gasteiger partial charge in [-0.25, -0.2) is 9.78 Å². The number of fused-ring (bicyclic) bond motifs is 1. The average Bonchev–Trinajstić information content (AvgIpc) is 3.15. The zero-order valence-electron chi connectivity index (χ0n) is 18.8. The molecule has 0 radical (unpaired) electrons. The Labute approximate surface area is 198 Å². The maximum atomic E-state index is 12.4. The van der Waals surface area contributed by atoms with Gasteiger partial charge in [-0.1, -0.05) is 29.3 Å². The predicted molar refractivity (Wildman–Crippen MR) is 130 cm³/mol. The van der Waals surface area contributed by atoms with Gasteiger partial charge in [0.2, 0.25) is 0 Å². The molecule has 6 nitrogen and oxygen atoms in total. The fourth-order valence-corrected chi connectivity index (χ4v) is 4.55. The molecule has 1 fully saturated rings. The van der Waals surface area contributed by atoms with E-state index in [1.165, 1.54) is 0 Å². The Morgan fingerprint density at radius 1 is 1.06 bits per heavy atom. The van der Waals surface area contributed by atoms with E-state index in [4.69, 9.17) is 27.9 Å². The minimum absolute atomic E-state index is 0.00373. The largest absolute Gasteiger partial charge is 0.444 e. The number of carbonyl (C=O) groups is 1. The summed E-state index contributed by atoms with van der Waals surface area (Å²) in [4.78, 5) is 21.0. The van der Waals surface area contributed by atoms with Crippen LogP contribution in [0.15, 0.2) is 42.7 Å². The van der Waals surface area contributed by atoms with Crippen molar-refractivity contribution >= 4 is 46.0 Å². The van der Waals surface area contributed by atoms with Crippen LogP contribution in [0.2, 0.25) is 10.0 Å². The van der Waals surface area contributed by atoms with Crippen LogP contribution in [0, 0.1) is 0 Å². The van der Waals surface area contributed by atoms with Gasteiger partial charge in [-0.15, -0.1) is 0 Å². The molecule has 2 aromatic carbocycles. The SMILES string of the molecule is CC(c1ccc(Cl)cc1Cl)n1cnc2ccc(N3CCN(C(=O)OC(C)(C)C)CC3)cc21. The Balaban J connectivity index is 1.53. The number of benzene rings is 2. The van der Waals surface area contributed by atoms with E-state index in [9.17, 15) is 4.79 Å². The summed E-state index contributed by atoms with van der Waals surface area (Å²) in [6.45, 7) is 10.5. The van der Waals surface area contributed by atoms with Gasteiger partial charge in [0, 0.05) is 41.9 Å². The molecule has 0 bridgehead atoms. The van der Waals surface area contributed by atoms with Crippen molar-refractivity contribution in [1.29, 1.82) is 0 Å². The molecule has 0 spiro atoms. The van der Waals surface area contributed by atoms with Gasteiger partial charge in [-0.2, -0.15) is 0 Å². The molecule has 1 saturated heterocycles. The summed E-state index contributed by atoms with van der Waals surface area (Å²) >= 11 is 12.5. The molecule has 8 heteroatoms. The Hall–Kier alpha value is -2.44. The molecule has 1 aliphatic rings. The molecule has 1 aliphatic heterocycles. The summed E-state index contributed by atoms with van der Waals surface area (Å²) in [7, 11) is 0. The van der Waals surface area contributed by atoms with Gasteiger partial charge < -0.3 is 19.1 Å². The van der Waals surface area contributed by atoms with E-state index in [-0.39, 0.29) is 12.1 Å². The molecule has 1 aromatic heterocycles. The molecule has 1 amide bonds. The van der Waals surface area contributed by atoms with Crippen molar-refractivity contribution in [3.8, 4) is 0 Å². The third-order valence-electron chi connectivity index (χ3n) is 5.68. The average molecular weight is 475 g/mol. The van der Waals surface area contributed by atoms with E-state index < -0.39 is 5.60 Å². The lowest BCUT2D eigenvalue weighted by atomic mass is 10.1. The lowest BCUT2D eigenvalue weighted by Gasteiger charge is -2.36. The number of hydrogen-bond donors (Lipinski definition) is 0. The number of carbonyl (C=O) groups excluding carboxylic acids is 1. The van der Waals surface area contributed by atoms with Crippen LogP contribution in [0.1, 0.15) is 39.3 Å². The maximum absolute atomic E-state index is 12.4. The van der Waals surface area contributed by atoms with Crippen molar-refractivity contribution in [3.63, 3.8) is 0 Å². The summed E-state index contributed by atoms with van der Waals surface area (Å²) in [6.07, 6.45) is 1.60. The minimum atomic E-state index is -0.485. The standard InChI is InChI=1S/C24H28Cl2N4O2/c1-16(19-7-5-17(25)13-20(19)26)30-15-27-21-8-6-18(14-22(21)30)28-9-11-29(12-10-28)23(31)32-24(2,3)4/h5-8,13-16H,9-12H2,1-4H3. The molecule has 3 aromatic rings. The highest BCUT2D eigenvalue weighted by atomic mass is 35.5. The highest BCUT2D eigenvalue weighted by Gasteiger charge is 2.26. The Bertz CT molecular complexity index is 1130. The number of imidazole rings is 1. The van der Waals surface area contributed by atoms with E-state index in [2.05, 4.69) is 33.5 Å². The number of aromatic nitrogens is 2. The number of amides is 1. The number of piperazine rings is 1.